The summed E-state index contributed by atoms with van der Waals surface area (Å²) in [5, 5.41) is 3.67. The van der Waals surface area contributed by atoms with Crippen LogP contribution < -0.4 is 5.32 Å². The van der Waals surface area contributed by atoms with Gasteiger partial charge in [0.25, 0.3) is 0 Å². The molecular formula is C13H27N3. The molecule has 0 aromatic rings. The minimum absolute atomic E-state index is 0.351. The van der Waals surface area contributed by atoms with E-state index < -0.39 is 0 Å². The van der Waals surface area contributed by atoms with Crippen molar-refractivity contribution in [3.63, 3.8) is 0 Å². The van der Waals surface area contributed by atoms with Gasteiger partial charge in [-0.15, -0.1) is 6.58 Å². The Labute approximate surface area is 100 Å². The quantitative estimate of drug-likeness (QED) is 0.721. The summed E-state index contributed by atoms with van der Waals surface area (Å²) < 4.78 is 0. The highest BCUT2D eigenvalue weighted by molar-refractivity contribution is 4.88. The molecule has 1 saturated heterocycles. The molecule has 1 fully saturated rings. The number of hydrogen-bond donors (Lipinski definition) is 1. The van der Waals surface area contributed by atoms with E-state index in [0.717, 1.165) is 32.7 Å². The molecule has 1 rings (SSSR count). The van der Waals surface area contributed by atoms with Crippen LogP contribution in [0.2, 0.25) is 0 Å². The summed E-state index contributed by atoms with van der Waals surface area (Å²) in [7, 11) is 4.27. The lowest BCUT2D eigenvalue weighted by Gasteiger charge is -2.28. The van der Waals surface area contributed by atoms with Gasteiger partial charge in [0, 0.05) is 38.8 Å². The molecule has 1 heterocycles. The molecule has 0 spiro atoms. The zero-order valence-corrected chi connectivity index (χ0v) is 11.3. The van der Waals surface area contributed by atoms with E-state index in [1.807, 2.05) is 6.08 Å². The van der Waals surface area contributed by atoms with Gasteiger partial charge in [-0.2, -0.15) is 0 Å². The monoisotopic (exact) mass is 225 g/mol. The van der Waals surface area contributed by atoms with Gasteiger partial charge in [0.2, 0.25) is 0 Å². The van der Waals surface area contributed by atoms with Crippen molar-refractivity contribution in [1.29, 1.82) is 0 Å². The minimum atomic E-state index is 0.351. The van der Waals surface area contributed by atoms with Crippen molar-refractivity contribution >= 4 is 0 Å². The van der Waals surface area contributed by atoms with Gasteiger partial charge in [0.1, 0.15) is 0 Å². The molecule has 1 unspecified atom stereocenters. The van der Waals surface area contributed by atoms with Crippen LogP contribution in [-0.4, -0.2) is 62.7 Å². The number of nitrogens with zero attached hydrogens (tertiary/aromatic N) is 2. The van der Waals surface area contributed by atoms with Gasteiger partial charge in [-0.25, -0.2) is 0 Å². The average Bonchev–Trinajstić information content (AvgIpc) is 2.25. The van der Waals surface area contributed by atoms with Gasteiger partial charge < -0.3 is 10.2 Å². The molecule has 0 bridgehead atoms. The summed E-state index contributed by atoms with van der Waals surface area (Å²) in [4.78, 5) is 4.75. The van der Waals surface area contributed by atoms with Gasteiger partial charge in [-0.3, -0.25) is 4.90 Å². The maximum Gasteiger partial charge on any atom is 0.0322 e. The first-order chi connectivity index (χ1) is 7.43. The van der Waals surface area contributed by atoms with Crippen LogP contribution in [0.3, 0.4) is 0 Å². The highest BCUT2D eigenvalue weighted by Crippen LogP contribution is 2.19. The second-order valence-corrected chi connectivity index (χ2v) is 5.99. The Morgan fingerprint density at radius 1 is 1.50 bits per heavy atom. The predicted octanol–water partition coefficient (Wildman–Crippen LogP) is 1.03. The molecular weight excluding hydrogens is 198 g/mol. The minimum Gasteiger partial charge on any atom is -0.311 e. The lowest BCUT2D eigenvalue weighted by Crippen LogP contribution is -2.44. The molecule has 94 valence electrons. The number of likely N-dealkylation sites (N-methyl/N-ethyl adjacent to an activating group) is 1. The van der Waals surface area contributed by atoms with E-state index in [1.54, 1.807) is 0 Å². The van der Waals surface area contributed by atoms with E-state index in [-0.39, 0.29) is 0 Å². The van der Waals surface area contributed by atoms with Gasteiger partial charge in [0.05, 0.1) is 0 Å². The molecule has 3 heteroatoms. The summed E-state index contributed by atoms with van der Waals surface area (Å²) in [5.74, 6) is 0. The van der Waals surface area contributed by atoms with E-state index >= 15 is 0 Å². The molecule has 0 aliphatic carbocycles. The summed E-state index contributed by atoms with van der Waals surface area (Å²) in [5.41, 5.74) is 0.351. The molecule has 0 radical (unpaired) electrons. The topological polar surface area (TPSA) is 18.5 Å². The normalized spacial score (nSPS) is 26.7. The molecule has 0 amide bonds. The number of rotatable bonds is 4. The summed E-state index contributed by atoms with van der Waals surface area (Å²) in [6.45, 7) is 14.0. The third-order valence-corrected chi connectivity index (χ3v) is 2.97. The maximum atomic E-state index is 3.85. The van der Waals surface area contributed by atoms with Crippen molar-refractivity contribution in [3.8, 4) is 0 Å². The summed E-state index contributed by atoms with van der Waals surface area (Å²) in [6.07, 6.45) is 2.01. The molecule has 1 aliphatic heterocycles. The van der Waals surface area contributed by atoms with Crippen molar-refractivity contribution in [2.45, 2.75) is 19.9 Å². The third kappa shape index (κ3) is 4.64. The Balaban J connectivity index is 2.60. The second-order valence-electron chi connectivity index (χ2n) is 5.99. The average molecular weight is 225 g/mol. The van der Waals surface area contributed by atoms with Crippen LogP contribution in [0.15, 0.2) is 12.7 Å². The van der Waals surface area contributed by atoms with Gasteiger partial charge in [-0.05, 0) is 19.5 Å². The van der Waals surface area contributed by atoms with Crippen LogP contribution in [0.4, 0.5) is 0 Å². The van der Waals surface area contributed by atoms with Crippen LogP contribution >= 0.6 is 0 Å². The van der Waals surface area contributed by atoms with Crippen molar-refractivity contribution < 1.29 is 0 Å². The Morgan fingerprint density at radius 2 is 2.19 bits per heavy atom. The van der Waals surface area contributed by atoms with Gasteiger partial charge in [0.15, 0.2) is 0 Å². The van der Waals surface area contributed by atoms with Crippen LogP contribution in [0.1, 0.15) is 13.8 Å². The van der Waals surface area contributed by atoms with E-state index in [4.69, 9.17) is 0 Å². The molecule has 1 N–H and O–H groups in total. The fourth-order valence-corrected chi connectivity index (χ4v) is 2.41. The standard InChI is InChI=1S/C13H27N3/c1-6-7-16-9-12(8-15(4)5)14-10-13(2,3)11-16/h6,12,14H,1,7-11H2,2-5H3. The Kier molecular flexibility index (Phi) is 4.96. The Bertz CT molecular complexity index is 223. The number of nitrogens with one attached hydrogen (secondary N) is 1. The maximum absolute atomic E-state index is 3.85. The van der Waals surface area contributed by atoms with Gasteiger partial charge >= 0.3 is 0 Å². The largest absolute Gasteiger partial charge is 0.311 e. The molecule has 1 atom stereocenters. The van der Waals surface area contributed by atoms with Gasteiger partial charge in [-0.1, -0.05) is 19.9 Å². The lowest BCUT2D eigenvalue weighted by molar-refractivity contribution is 0.214. The Morgan fingerprint density at radius 3 is 2.75 bits per heavy atom. The smallest absolute Gasteiger partial charge is 0.0322 e. The molecule has 0 aromatic carbocycles. The lowest BCUT2D eigenvalue weighted by atomic mass is 9.93. The predicted molar refractivity (Wildman–Crippen MR) is 70.8 cm³/mol. The van der Waals surface area contributed by atoms with Crippen molar-refractivity contribution in [2.75, 3.05) is 46.8 Å². The van der Waals surface area contributed by atoms with Crippen molar-refractivity contribution in [1.82, 2.24) is 15.1 Å². The fourth-order valence-electron chi connectivity index (χ4n) is 2.41. The first kappa shape index (κ1) is 13.7. The van der Waals surface area contributed by atoms with Crippen molar-refractivity contribution in [2.24, 2.45) is 5.41 Å². The van der Waals surface area contributed by atoms with E-state index in [0.29, 0.717) is 11.5 Å². The third-order valence-electron chi connectivity index (χ3n) is 2.97. The SMILES string of the molecule is C=CCN1CC(CN(C)C)NCC(C)(C)C1. The first-order valence-corrected chi connectivity index (χ1v) is 6.14. The van der Waals surface area contributed by atoms with Crippen LogP contribution in [-0.2, 0) is 0 Å². The molecule has 16 heavy (non-hydrogen) atoms. The fraction of sp³-hybridized carbons (Fsp3) is 0.846. The first-order valence-electron chi connectivity index (χ1n) is 6.14. The summed E-state index contributed by atoms with van der Waals surface area (Å²) >= 11 is 0. The van der Waals surface area contributed by atoms with Crippen LogP contribution in [0, 0.1) is 5.41 Å². The van der Waals surface area contributed by atoms with Crippen LogP contribution in [0.25, 0.3) is 0 Å². The highest BCUT2D eigenvalue weighted by Gasteiger charge is 2.28. The molecule has 0 aromatic heterocycles. The zero-order chi connectivity index (χ0) is 12.2. The zero-order valence-electron chi connectivity index (χ0n) is 11.3. The van der Waals surface area contributed by atoms with E-state index in [1.165, 1.54) is 0 Å². The van der Waals surface area contributed by atoms with E-state index in [9.17, 15) is 0 Å². The molecule has 3 nitrogen and oxygen atoms in total. The van der Waals surface area contributed by atoms with E-state index in [2.05, 4.69) is 49.6 Å². The van der Waals surface area contributed by atoms with Crippen molar-refractivity contribution in [3.05, 3.63) is 12.7 Å². The molecule has 1 aliphatic rings. The summed E-state index contributed by atoms with van der Waals surface area (Å²) in [6, 6.07) is 0.566. The Hall–Kier alpha value is -0.380. The second kappa shape index (κ2) is 5.80. The molecule has 0 saturated carbocycles. The van der Waals surface area contributed by atoms with Crippen LogP contribution in [0.5, 0.6) is 0 Å². The number of hydrogen-bond acceptors (Lipinski definition) is 3. The highest BCUT2D eigenvalue weighted by atomic mass is 15.2.